The molecule has 0 aromatic heterocycles. The molecule has 1 heterocycles. The second-order valence-corrected chi connectivity index (χ2v) is 6.86. The van der Waals surface area contributed by atoms with Crippen LogP contribution in [0.4, 0.5) is 0 Å². The maximum atomic E-state index is 12.9. The molecule has 1 aliphatic heterocycles. The summed E-state index contributed by atoms with van der Waals surface area (Å²) in [4.78, 5) is 27.4. The Hall–Kier alpha value is -1.84. The van der Waals surface area contributed by atoms with Gasteiger partial charge in [-0.3, -0.25) is 9.59 Å². The summed E-state index contributed by atoms with van der Waals surface area (Å²) in [5.74, 6) is 1.59. The molecule has 1 amide bonds. The number of amides is 1. The SMILES string of the molecule is COc1ccc(C(=O)C2CCCN2C(=O)C(C)C2CC2)cc1C. The zero-order valence-corrected chi connectivity index (χ0v) is 14.2. The number of ether oxygens (including phenoxy) is 1. The first-order valence-corrected chi connectivity index (χ1v) is 8.52. The molecule has 1 aromatic rings. The van der Waals surface area contributed by atoms with Crippen LogP contribution >= 0.6 is 0 Å². The Morgan fingerprint density at radius 2 is 2.00 bits per heavy atom. The first-order valence-electron chi connectivity index (χ1n) is 8.52. The van der Waals surface area contributed by atoms with Crippen LogP contribution in [0.5, 0.6) is 5.75 Å². The predicted octanol–water partition coefficient (Wildman–Crippen LogP) is 3.22. The number of nitrogens with zero attached hydrogens (tertiary/aromatic N) is 1. The van der Waals surface area contributed by atoms with Crippen molar-refractivity contribution < 1.29 is 14.3 Å². The Kier molecular flexibility index (Phi) is 4.42. The van der Waals surface area contributed by atoms with Gasteiger partial charge in [0.1, 0.15) is 5.75 Å². The third-order valence-corrected chi connectivity index (χ3v) is 5.24. The van der Waals surface area contributed by atoms with Gasteiger partial charge in [0, 0.05) is 18.0 Å². The van der Waals surface area contributed by atoms with E-state index < -0.39 is 0 Å². The molecule has 0 radical (unpaired) electrons. The molecule has 0 N–H and O–H groups in total. The molecule has 2 unspecified atom stereocenters. The first-order chi connectivity index (χ1) is 11.0. The predicted molar refractivity (Wildman–Crippen MR) is 88.7 cm³/mol. The van der Waals surface area contributed by atoms with E-state index in [1.165, 1.54) is 0 Å². The molecule has 4 heteroatoms. The highest BCUT2D eigenvalue weighted by Gasteiger charge is 2.40. The molecule has 1 saturated heterocycles. The molecule has 124 valence electrons. The molecule has 23 heavy (non-hydrogen) atoms. The molecule has 1 saturated carbocycles. The van der Waals surface area contributed by atoms with Crippen LogP contribution in [-0.2, 0) is 4.79 Å². The molecule has 3 rings (SSSR count). The van der Waals surface area contributed by atoms with E-state index in [-0.39, 0.29) is 23.7 Å². The molecular formula is C19H25NO3. The van der Waals surface area contributed by atoms with Crippen LogP contribution in [0.1, 0.15) is 48.5 Å². The lowest BCUT2D eigenvalue weighted by molar-refractivity contribution is -0.135. The van der Waals surface area contributed by atoms with Gasteiger partial charge in [-0.15, -0.1) is 0 Å². The summed E-state index contributed by atoms with van der Waals surface area (Å²) >= 11 is 0. The van der Waals surface area contributed by atoms with Crippen LogP contribution in [0.3, 0.4) is 0 Å². The van der Waals surface area contributed by atoms with E-state index in [1.807, 2.05) is 30.9 Å². The van der Waals surface area contributed by atoms with Gasteiger partial charge in [-0.25, -0.2) is 0 Å². The van der Waals surface area contributed by atoms with Crippen LogP contribution in [0.25, 0.3) is 0 Å². The largest absolute Gasteiger partial charge is 0.496 e. The first kappa shape index (κ1) is 16.0. The van der Waals surface area contributed by atoms with E-state index in [0.29, 0.717) is 18.0 Å². The van der Waals surface area contributed by atoms with Crippen LogP contribution in [0.15, 0.2) is 18.2 Å². The highest BCUT2D eigenvalue weighted by molar-refractivity contribution is 6.02. The summed E-state index contributed by atoms with van der Waals surface area (Å²) < 4.78 is 5.25. The second-order valence-electron chi connectivity index (χ2n) is 6.86. The zero-order valence-electron chi connectivity index (χ0n) is 14.2. The van der Waals surface area contributed by atoms with Crippen molar-refractivity contribution in [1.29, 1.82) is 0 Å². The lowest BCUT2D eigenvalue weighted by atomic mass is 9.98. The van der Waals surface area contributed by atoms with E-state index in [0.717, 1.165) is 37.0 Å². The van der Waals surface area contributed by atoms with Crippen molar-refractivity contribution in [3.05, 3.63) is 29.3 Å². The highest BCUT2D eigenvalue weighted by atomic mass is 16.5. The second kappa shape index (κ2) is 6.34. The van der Waals surface area contributed by atoms with Crippen molar-refractivity contribution in [3.63, 3.8) is 0 Å². The number of carbonyl (C=O) groups excluding carboxylic acids is 2. The Morgan fingerprint density at radius 3 is 2.61 bits per heavy atom. The van der Waals surface area contributed by atoms with Gasteiger partial charge < -0.3 is 9.64 Å². The van der Waals surface area contributed by atoms with Crippen molar-refractivity contribution in [2.24, 2.45) is 11.8 Å². The summed E-state index contributed by atoms with van der Waals surface area (Å²) in [5.41, 5.74) is 1.62. The lowest BCUT2D eigenvalue weighted by Gasteiger charge is -2.27. The summed E-state index contributed by atoms with van der Waals surface area (Å²) in [6.07, 6.45) is 3.98. The van der Waals surface area contributed by atoms with E-state index in [1.54, 1.807) is 13.2 Å². The minimum atomic E-state index is -0.295. The average molecular weight is 315 g/mol. The molecule has 4 nitrogen and oxygen atoms in total. The number of ketones is 1. The van der Waals surface area contributed by atoms with E-state index >= 15 is 0 Å². The summed E-state index contributed by atoms with van der Waals surface area (Å²) in [7, 11) is 1.63. The van der Waals surface area contributed by atoms with Crippen LogP contribution in [-0.4, -0.2) is 36.3 Å². The zero-order chi connectivity index (χ0) is 16.6. The third kappa shape index (κ3) is 3.12. The average Bonchev–Trinajstić information content (AvgIpc) is 3.29. The normalized spacial score (nSPS) is 22.0. The van der Waals surface area contributed by atoms with Gasteiger partial charge in [0.2, 0.25) is 5.91 Å². The molecule has 2 atom stereocenters. The van der Waals surface area contributed by atoms with Gasteiger partial charge >= 0.3 is 0 Å². The monoisotopic (exact) mass is 315 g/mol. The van der Waals surface area contributed by atoms with Crippen LogP contribution in [0.2, 0.25) is 0 Å². The Bertz CT molecular complexity index is 621. The summed E-state index contributed by atoms with van der Waals surface area (Å²) in [6, 6.07) is 5.21. The molecular weight excluding hydrogens is 290 g/mol. The lowest BCUT2D eigenvalue weighted by Crippen LogP contribution is -2.43. The Balaban J connectivity index is 1.77. The van der Waals surface area contributed by atoms with Gasteiger partial charge in [0.25, 0.3) is 0 Å². The number of Topliss-reactive ketones (excluding diaryl/α,β-unsaturated/α-hetero) is 1. The maximum absolute atomic E-state index is 12.9. The summed E-state index contributed by atoms with van der Waals surface area (Å²) in [5, 5.41) is 0. The molecule has 0 bridgehead atoms. The van der Waals surface area contributed by atoms with Crippen LogP contribution < -0.4 is 4.74 Å². The number of likely N-dealkylation sites (tertiary alicyclic amines) is 1. The van der Waals surface area contributed by atoms with Gasteiger partial charge in [-0.1, -0.05) is 6.92 Å². The smallest absolute Gasteiger partial charge is 0.226 e. The molecule has 1 aliphatic carbocycles. The number of rotatable bonds is 5. The van der Waals surface area contributed by atoms with Crippen molar-refractivity contribution in [2.75, 3.05) is 13.7 Å². The molecule has 1 aromatic carbocycles. The fourth-order valence-electron chi connectivity index (χ4n) is 3.59. The van der Waals surface area contributed by atoms with E-state index in [9.17, 15) is 9.59 Å². The number of methoxy groups -OCH3 is 1. The maximum Gasteiger partial charge on any atom is 0.226 e. The van der Waals surface area contributed by atoms with Gasteiger partial charge in [0.05, 0.1) is 13.2 Å². The van der Waals surface area contributed by atoms with Crippen molar-refractivity contribution in [1.82, 2.24) is 4.90 Å². The topological polar surface area (TPSA) is 46.6 Å². The quantitative estimate of drug-likeness (QED) is 0.784. The van der Waals surface area contributed by atoms with Gasteiger partial charge in [-0.2, -0.15) is 0 Å². The number of carbonyl (C=O) groups is 2. The minimum Gasteiger partial charge on any atom is -0.496 e. The number of benzene rings is 1. The van der Waals surface area contributed by atoms with Gasteiger partial charge in [-0.05, 0) is 62.3 Å². The Labute approximate surface area is 137 Å². The number of hydrogen-bond acceptors (Lipinski definition) is 3. The standard InChI is InChI=1S/C19H25NO3/c1-12-11-15(8-9-17(12)23-3)18(21)16-5-4-10-20(16)19(22)13(2)14-6-7-14/h8-9,11,13-14,16H,4-7,10H2,1-3H3. The fraction of sp³-hybridized carbons (Fsp3) is 0.579. The summed E-state index contributed by atoms with van der Waals surface area (Å²) in [6.45, 7) is 4.65. The number of aryl methyl sites for hydroxylation is 1. The highest BCUT2D eigenvalue weighted by Crippen LogP contribution is 2.38. The number of hydrogen-bond donors (Lipinski definition) is 0. The van der Waals surface area contributed by atoms with Crippen LogP contribution in [0, 0.1) is 18.8 Å². The van der Waals surface area contributed by atoms with E-state index in [4.69, 9.17) is 4.74 Å². The minimum absolute atomic E-state index is 0.0565. The molecule has 2 aliphatic rings. The third-order valence-electron chi connectivity index (χ3n) is 5.24. The van der Waals surface area contributed by atoms with Crippen molar-refractivity contribution in [3.8, 4) is 5.75 Å². The fourth-order valence-corrected chi connectivity index (χ4v) is 3.59. The van der Waals surface area contributed by atoms with Gasteiger partial charge in [0.15, 0.2) is 5.78 Å². The Morgan fingerprint density at radius 1 is 1.26 bits per heavy atom. The van der Waals surface area contributed by atoms with E-state index in [2.05, 4.69) is 0 Å². The molecule has 2 fully saturated rings. The van der Waals surface area contributed by atoms with Crippen molar-refractivity contribution >= 4 is 11.7 Å². The van der Waals surface area contributed by atoms with Crippen molar-refractivity contribution in [2.45, 2.75) is 45.6 Å². The molecule has 0 spiro atoms.